The van der Waals surface area contributed by atoms with Crippen LogP contribution in [0, 0.1) is 6.92 Å². The lowest BCUT2D eigenvalue weighted by Crippen LogP contribution is -1.97. The van der Waals surface area contributed by atoms with Crippen LogP contribution >= 0.6 is 15.9 Å². The number of para-hydroxylation sites is 1. The Balaban J connectivity index is 1.55. The third-order valence-corrected chi connectivity index (χ3v) is 3.85. The number of aryl methyl sites for hydroxylation is 1. The molecule has 3 aromatic heterocycles. The number of nitrogens with zero attached hydrogens (tertiary/aromatic N) is 3. The fraction of sp³-hybridized carbons (Fsp3) is 0.118. The number of pyridine rings is 1. The molecule has 1 aromatic carbocycles. The molecule has 6 nitrogen and oxygen atoms in total. The van der Waals surface area contributed by atoms with Gasteiger partial charge < -0.3 is 13.6 Å². The quantitative estimate of drug-likeness (QED) is 0.513. The van der Waals surface area contributed by atoms with Gasteiger partial charge >= 0.3 is 0 Å². The first-order valence-electron chi connectivity index (χ1n) is 7.26. The zero-order valence-corrected chi connectivity index (χ0v) is 14.3. The van der Waals surface area contributed by atoms with E-state index in [4.69, 9.17) is 13.6 Å². The third-order valence-electron chi connectivity index (χ3n) is 3.42. The summed E-state index contributed by atoms with van der Waals surface area (Å²) in [7, 11) is 0. The van der Waals surface area contributed by atoms with Gasteiger partial charge in [-0.05, 0) is 47.1 Å². The van der Waals surface area contributed by atoms with E-state index in [1.165, 1.54) is 0 Å². The molecule has 4 rings (SSSR count). The smallest absolute Gasteiger partial charge is 0.283 e. The van der Waals surface area contributed by atoms with Crippen LogP contribution in [0.25, 0.3) is 22.6 Å². The van der Waals surface area contributed by atoms with Crippen molar-refractivity contribution in [2.24, 2.45) is 0 Å². The summed E-state index contributed by atoms with van der Waals surface area (Å²) < 4.78 is 17.4. The fourth-order valence-corrected chi connectivity index (χ4v) is 2.62. The SMILES string of the molecule is Cc1ccc2cccc(OCc3nnc(-c4ccc(Br)o4)o3)c2n1. The molecule has 0 N–H and O–H groups in total. The van der Waals surface area contributed by atoms with E-state index in [0.29, 0.717) is 28.0 Å². The number of rotatable bonds is 4. The van der Waals surface area contributed by atoms with Gasteiger partial charge in [-0.2, -0.15) is 0 Å². The average molecular weight is 386 g/mol. The van der Waals surface area contributed by atoms with Gasteiger partial charge in [0.1, 0.15) is 11.3 Å². The van der Waals surface area contributed by atoms with Gasteiger partial charge in [-0.1, -0.05) is 18.2 Å². The summed E-state index contributed by atoms with van der Waals surface area (Å²) in [6.07, 6.45) is 0. The summed E-state index contributed by atoms with van der Waals surface area (Å²) in [5, 5.41) is 8.96. The molecule has 0 saturated heterocycles. The summed E-state index contributed by atoms with van der Waals surface area (Å²) in [5.41, 5.74) is 1.74. The highest BCUT2D eigenvalue weighted by atomic mass is 79.9. The second-order valence-electron chi connectivity index (χ2n) is 5.17. The van der Waals surface area contributed by atoms with Crippen molar-refractivity contribution >= 4 is 26.8 Å². The van der Waals surface area contributed by atoms with Gasteiger partial charge in [0.2, 0.25) is 0 Å². The van der Waals surface area contributed by atoms with Crippen molar-refractivity contribution in [3.8, 4) is 17.4 Å². The summed E-state index contributed by atoms with van der Waals surface area (Å²) in [4.78, 5) is 4.53. The molecule has 0 saturated carbocycles. The van der Waals surface area contributed by atoms with E-state index in [2.05, 4.69) is 31.1 Å². The van der Waals surface area contributed by atoms with E-state index in [-0.39, 0.29) is 6.61 Å². The molecule has 0 radical (unpaired) electrons. The zero-order valence-electron chi connectivity index (χ0n) is 12.7. The highest BCUT2D eigenvalue weighted by molar-refractivity contribution is 9.10. The Hall–Kier alpha value is -2.67. The number of furan rings is 1. The van der Waals surface area contributed by atoms with E-state index in [0.717, 1.165) is 16.6 Å². The van der Waals surface area contributed by atoms with Crippen LogP contribution < -0.4 is 4.74 Å². The van der Waals surface area contributed by atoms with Crippen molar-refractivity contribution in [3.63, 3.8) is 0 Å². The molecule has 120 valence electrons. The van der Waals surface area contributed by atoms with Crippen LogP contribution in [0.5, 0.6) is 5.75 Å². The maximum atomic E-state index is 5.82. The van der Waals surface area contributed by atoms with Gasteiger partial charge in [0.15, 0.2) is 17.0 Å². The Labute approximate surface area is 145 Å². The molecule has 0 fully saturated rings. The predicted molar refractivity (Wildman–Crippen MR) is 90.5 cm³/mol. The van der Waals surface area contributed by atoms with E-state index < -0.39 is 0 Å². The second kappa shape index (κ2) is 6.09. The first-order chi connectivity index (χ1) is 11.7. The lowest BCUT2D eigenvalue weighted by molar-refractivity contribution is 0.266. The van der Waals surface area contributed by atoms with Crippen molar-refractivity contribution in [1.82, 2.24) is 15.2 Å². The zero-order chi connectivity index (χ0) is 16.5. The van der Waals surface area contributed by atoms with E-state index in [1.54, 1.807) is 12.1 Å². The van der Waals surface area contributed by atoms with Gasteiger partial charge in [-0.3, -0.25) is 0 Å². The normalized spacial score (nSPS) is 11.1. The van der Waals surface area contributed by atoms with Crippen LogP contribution in [0.15, 0.2) is 56.0 Å². The molecular formula is C17H12BrN3O3. The number of halogens is 1. The average Bonchev–Trinajstić information content (AvgIpc) is 3.21. The lowest BCUT2D eigenvalue weighted by Gasteiger charge is -2.07. The summed E-state index contributed by atoms with van der Waals surface area (Å²) >= 11 is 3.24. The van der Waals surface area contributed by atoms with Crippen LogP contribution in [0.1, 0.15) is 11.6 Å². The maximum Gasteiger partial charge on any atom is 0.283 e. The van der Waals surface area contributed by atoms with Crippen LogP contribution in [-0.4, -0.2) is 15.2 Å². The van der Waals surface area contributed by atoms with Crippen molar-refractivity contribution in [2.45, 2.75) is 13.5 Å². The van der Waals surface area contributed by atoms with Crippen molar-refractivity contribution in [1.29, 1.82) is 0 Å². The highest BCUT2D eigenvalue weighted by Gasteiger charge is 2.13. The minimum atomic E-state index is 0.156. The molecule has 0 atom stereocenters. The number of fused-ring (bicyclic) bond motifs is 1. The van der Waals surface area contributed by atoms with E-state index in [1.807, 2.05) is 37.3 Å². The van der Waals surface area contributed by atoms with Crippen LogP contribution in [0.4, 0.5) is 0 Å². The summed E-state index contributed by atoms with van der Waals surface area (Å²) in [6.45, 7) is 2.10. The third kappa shape index (κ3) is 2.90. The minimum absolute atomic E-state index is 0.156. The van der Waals surface area contributed by atoms with Gasteiger partial charge in [-0.15, -0.1) is 10.2 Å². The minimum Gasteiger partial charge on any atom is -0.482 e. The van der Waals surface area contributed by atoms with Crippen molar-refractivity contribution in [3.05, 3.63) is 58.7 Å². The first-order valence-corrected chi connectivity index (χ1v) is 8.05. The molecule has 4 aromatic rings. The Morgan fingerprint density at radius 2 is 1.96 bits per heavy atom. The molecule has 24 heavy (non-hydrogen) atoms. The number of hydrogen-bond donors (Lipinski definition) is 0. The Bertz CT molecular complexity index is 1010. The van der Waals surface area contributed by atoms with Gasteiger partial charge in [-0.25, -0.2) is 4.98 Å². The molecule has 0 amide bonds. The van der Waals surface area contributed by atoms with Gasteiger partial charge in [0.25, 0.3) is 11.8 Å². The molecule has 0 aliphatic heterocycles. The van der Waals surface area contributed by atoms with Crippen molar-refractivity contribution in [2.75, 3.05) is 0 Å². The van der Waals surface area contributed by atoms with Crippen molar-refractivity contribution < 1.29 is 13.6 Å². The molecule has 0 unspecified atom stereocenters. The van der Waals surface area contributed by atoms with Gasteiger partial charge in [0.05, 0.1) is 0 Å². The molecule has 0 aliphatic carbocycles. The molecular weight excluding hydrogens is 374 g/mol. The molecule has 0 spiro atoms. The summed E-state index contributed by atoms with van der Waals surface area (Å²) in [6, 6.07) is 13.3. The Morgan fingerprint density at radius 3 is 2.79 bits per heavy atom. The highest BCUT2D eigenvalue weighted by Crippen LogP contribution is 2.26. The molecule has 0 bridgehead atoms. The second-order valence-corrected chi connectivity index (χ2v) is 5.96. The monoisotopic (exact) mass is 385 g/mol. The molecule has 0 aliphatic rings. The summed E-state index contributed by atoms with van der Waals surface area (Å²) in [5.74, 6) is 1.85. The first kappa shape index (κ1) is 14.9. The maximum absolute atomic E-state index is 5.82. The number of hydrogen-bond acceptors (Lipinski definition) is 6. The van der Waals surface area contributed by atoms with Crippen LogP contribution in [-0.2, 0) is 6.61 Å². The standard InChI is InChI=1S/C17H12BrN3O3/c1-10-5-6-11-3-2-4-12(16(11)19-10)22-9-15-20-21-17(24-15)13-7-8-14(18)23-13/h2-8H,9H2,1H3. The van der Waals surface area contributed by atoms with Gasteiger partial charge in [0, 0.05) is 11.1 Å². The fourth-order valence-electron chi connectivity index (χ4n) is 2.31. The predicted octanol–water partition coefficient (Wildman–Crippen LogP) is 4.53. The van der Waals surface area contributed by atoms with E-state index >= 15 is 0 Å². The number of aromatic nitrogens is 3. The molecule has 3 heterocycles. The topological polar surface area (TPSA) is 74.2 Å². The lowest BCUT2D eigenvalue weighted by atomic mass is 10.2. The Morgan fingerprint density at radius 1 is 1.04 bits per heavy atom. The molecule has 7 heteroatoms. The number of benzene rings is 1. The number of ether oxygens (including phenoxy) is 1. The van der Waals surface area contributed by atoms with Crippen LogP contribution in [0.3, 0.4) is 0 Å². The van der Waals surface area contributed by atoms with Crippen LogP contribution in [0.2, 0.25) is 0 Å². The Kier molecular flexibility index (Phi) is 3.78. The largest absolute Gasteiger partial charge is 0.482 e. The van der Waals surface area contributed by atoms with E-state index in [9.17, 15) is 0 Å².